The van der Waals surface area contributed by atoms with E-state index >= 15 is 0 Å². The molecule has 0 atom stereocenters. The third-order valence-electron chi connectivity index (χ3n) is 3.37. The molecule has 0 fully saturated rings. The van der Waals surface area contributed by atoms with Gasteiger partial charge in [0.2, 0.25) is 0 Å². The zero-order valence-corrected chi connectivity index (χ0v) is 13.0. The van der Waals surface area contributed by atoms with E-state index in [9.17, 15) is 0 Å². The predicted octanol–water partition coefficient (Wildman–Crippen LogP) is 3.17. The molecular weight excluding hydrogens is 322 g/mol. The molecule has 0 saturated carbocycles. The number of rotatable bonds is 3. The highest BCUT2D eigenvalue weighted by Gasteiger charge is 2.15. The van der Waals surface area contributed by atoms with E-state index in [1.807, 2.05) is 26.0 Å². The Kier molecular flexibility index (Phi) is 3.56. The van der Waals surface area contributed by atoms with Crippen LogP contribution in [0.4, 0.5) is 5.69 Å². The number of benzene rings is 1. The highest BCUT2D eigenvalue weighted by molar-refractivity contribution is 9.10. The summed E-state index contributed by atoms with van der Waals surface area (Å²) in [6.07, 6.45) is 0. The van der Waals surface area contributed by atoms with Crippen molar-refractivity contribution in [1.82, 2.24) is 10.2 Å². The lowest BCUT2D eigenvalue weighted by molar-refractivity contribution is 0.171. The standard InChI is InChI=1S/C14H16BrN3O2/c1-8-10(9(2)18-17-8)7-16-12-6-14-13(5-11(12)15)19-3-4-20-14/h5-6,16H,3-4,7H2,1-2H3,(H,17,18). The van der Waals surface area contributed by atoms with Crippen molar-refractivity contribution in [3.05, 3.63) is 33.6 Å². The van der Waals surface area contributed by atoms with E-state index < -0.39 is 0 Å². The van der Waals surface area contributed by atoms with Gasteiger partial charge in [-0.1, -0.05) is 0 Å². The van der Waals surface area contributed by atoms with E-state index in [-0.39, 0.29) is 0 Å². The number of hydrogen-bond acceptors (Lipinski definition) is 4. The Morgan fingerprint density at radius 3 is 2.60 bits per heavy atom. The molecule has 1 aliphatic heterocycles. The van der Waals surface area contributed by atoms with E-state index in [2.05, 4.69) is 31.4 Å². The van der Waals surface area contributed by atoms with Crippen LogP contribution in [0.15, 0.2) is 16.6 Å². The molecule has 1 aromatic heterocycles. The fourth-order valence-corrected chi connectivity index (χ4v) is 2.68. The summed E-state index contributed by atoms with van der Waals surface area (Å²) in [4.78, 5) is 0. The molecule has 0 bridgehead atoms. The fraction of sp³-hybridized carbons (Fsp3) is 0.357. The molecule has 0 aliphatic carbocycles. The number of ether oxygens (including phenoxy) is 2. The van der Waals surface area contributed by atoms with Crippen molar-refractivity contribution in [2.75, 3.05) is 18.5 Å². The van der Waals surface area contributed by atoms with Gasteiger partial charge >= 0.3 is 0 Å². The lowest BCUT2D eigenvalue weighted by atomic mass is 10.2. The first-order chi connectivity index (χ1) is 9.65. The van der Waals surface area contributed by atoms with Crippen molar-refractivity contribution in [3.63, 3.8) is 0 Å². The molecular formula is C14H16BrN3O2. The van der Waals surface area contributed by atoms with Crippen LogP contribution in [0.2, 0.25) is 0 Å². The minimum Gasteiger partial charge on any atom is -0.486 e. The zero-order valence-electron chi connectivity index (χ0n) is 11.4. The average Bonchev–Trinajstić information content (AvgIpc) is 2.76. The van der Waals surface area contributed by atoms with Gasteiger partial charge < -0.3 is 14.8 Å². The first kappa shape index (κ1) is 13.3. The molecule has 0 radical (unpaired) electrons. The third-order valence-corrected chi connectivity index (χ3v) is 4.02. The second-order valence-corrected chi connectivity index (χ2v) is 5.60. The molecule has 1 aromatic carbocycles. The molecule has 0 unspecified atom stereocenters. The van der Waals surface area contributed by atoms with E-state index in [0.717, 1.165) is 33.0 Å². The number of hydrogen-bond donors (Lipinski definition) is 2. The molecule has 20 heavy (non-hydrogen) atoms. The van der Waals surface area contributed by atoms with Gasteiger partial charge in [-0.15, -0.1) is 0 Å². The molecule has 0 saturated heterocycles. The molecule has 2 heterocycles. The summed E-state index contributed by atoms with van der Waals surface area (Å²) in [5, 5.41) is 10.6. The van der Waals surface area contributed by atoms with Crippen molar-refractivity contribution in [3.8, 4) is 11.5 Å². The van der Waals surface area contributed by atoms with Gasteiger partial charge in [0, 0.05) is 34.4 Å². The van der Waals surface area contributed by atoms with E-state index in [4.69, 9.17) is 9.47 Å². The predicted molar refractivity (Wildman–Crippen MR) is 80.5 cm³/mol. The van der Waals surface area contributed by atoms with Gasteiger partial charge in [-0.3, -0.25) is 5.10 Å². The maximum absolute atomic E-state index is 5.60. The Morgan fingerprint density at radius 2 is 1.95 bits per heavy atom. The van der Waals surface area contributed by atoms with Gasteiger partial charge in [0.25, 0.3) is 0 Å². The van der Waals surface area contributed by atoms with Crippen LogP contribution in [-0.2, 0) is 6.54 Å². The third kappa shape index (κ3) is 2.47. The van der Waals surface area contributed by atoms with Crippen molar-refractivity contribution >= 4 is 21.6 Å². The molecule has 1 aliphatic rings. The normalized spacial score (nSPS) is 13.3. The molecule has 2 aromatic rings. The summed E-state index contributed by atoms with van der Waals surface area (Å²) < 4.78 is 12.1. The summed E-state index contributed by atoms with van der Waals surface area (Å²) in [7, 11) is 0. The van der Waals surface area contributed by atoms with Gasteiger partial charge in [-0.25, -0.2) is 0 Å². The molecule has 5 nitrogen and oxygen atoms in total. The number of aromatic amines is 1. The minimum atomic E-state index is 0.591. The summed E-state index contributed by atoms with van der Waals surface area (Å²) in [6, 6.07) is 3.90. The lowest BCUT2D eigenvalue weighted by Crippen LogP contribution is -2.15. The van der Waals surface area contributed by atoms with Crippen LogP contribution < -0.4 is 14.8 Å². The number of nitrogens with one attached hydrogen (secondary N) is 2. The molecule has 6 heteroatoms. The van der Waals surface area contributed by atoms with Gasteiger partial charge in [0.1, 0.15) is 13.2 Å². The van der Waals surface area contributed by atoms with Gasteiger partial charge in [0.05, 0.1) is 11.4 Å². The van der Waals surface area contributed by atoms with Crippen LogP contribution in [0.1, 0.15) is 17.0 Å². The van der Waals surface area contributed by atoms with Crippen LogP contribution in [0.5, 0.6) is 11.5 Å². The number of H-pyrrole nitrogens is 1. The molecule has 0 amide bonds. The maximum atomic E-state index is 5.60. The Balaban J connectivity index is 1.81. The van der Waals surface area contributed by atoms with Crippen molar-refractivity contribution in [2.45, 2.75) is 20.4 Å². The Morgan fingerprint density at radius 1 is 1.25 bits per heavy atom. The summed E-state index contributed by atoms with van der Waals surface area (Å²) in [5.41, 5.74) is 4.27. The molecule has 2 N–H and O–H groups in total. The van der Waals surface area contributed by atoms with Crippen molar-refractivity contribution in [1.29, 1.82) is 0 Å². The summed E-state index contributed by atoms with van der Waals surface area (Å²) in [5.74, 6) is 1.56. The van der Waals surface area contributed by atoms with Gasteiger partial charge in [-0.05, 0) is 29.8 Å². The number of anilines is 1. The first-order valence-corrected chi connectivity index (χ1v) is 7.28. The molecule has 106 valence electrons. The Hall–Kier alpha value is -1.69. The number of fused-ring (bicyclic) bond motifs is 1. The van der Waals surface area contributed by atoms with E-state index in [1.54, 1.807) is 0 Å². The lowest BCUT2D eigenvalue weighted by Gasteiger charge is -2.20. The van der Waals surface area contributed by atoms with Crippen LogP contribution in [-0.4, -0.2) is 23.4 Å². The largest absolute Gasteiger partial charge is 0.486 e. The first-order valence-electron chi connectivity index (χ1n) is 6.48. The SMILES string of the molecule is Cc1n[nH]c(C)c1CNc1cc2c(cc1Br)OCCO2. The number of aryl methyl sites for hydroxylation is 2. The fourth-order valence-electron chi connectivity index (χ4n) is 2.22. The van der Waals surface area contributed by atoms with Crippen molar-refractivity contribution in [2.24, 2.45) is 0 Å². The average molecular weight is 338 g/mol. The zero-order chi connectivity index (χ0) is 14.1. The van der Waals surface area contributed by atoms with Crippen LogP contribution in [0.25, 0.3) is 0 Å². The number of nitrogens with zero attached hydrogens (tertiary/aromatic N) is 1. The van der Waals surface area contributed by atoms with E-state index in [0.29, 0.717) is 19.8 Å². The monoisotopic (exact) mass is 337 g/mol. The van der Waals surface area contributed by atoms with Crippen LogP contribution in [0, 0.1) is 13.8 Å². The Bertz CT molecular complexity index is 620. The number of halogens is 1. The molecule has 3 rings (SSSR count). The molecule has 0 spiro atoms. The van der Waals surface area contributed by atoms with Crippen LogP contribution in [0.3, 0.4) is 0 Å². The smallest absolute Gasteiger partial charge is 0.163 e. The highest BCUT2D eigenvalue weighted by atomic mass is 79.9. The summed E-state index contributed by atoms with van der Waals surface area (Å²) in [6.45, 7) is 5.93. The topological polar surface area (TPSA) is 59.2 Å². The van der Waals surface area contributed by atoms with Gasteiger partial charge in [0.15, 0.2) is 11.5 Å². The second kappa shape index (κ2) is 5.36. The minimum absolute atomic E-state index is 0.591. The maximum Gasteiger partial charge on any atom is 0.163 e. The van der Waals surface area contributed by atoms with Gasteiger partial charge in [-0.2, -0.15) is 5.10 Å². The highest BCUT2D eigenvalue weighted by Crippen LogP contribution is 2.38. The summed E-state index contributed by atoms with van der Waals surface area (Å²) >= 11 is 3.56. The Labute approximate surface area is 125 Å². The van der Waals surface area contributed by atoms with Crippen LogP contribution >= 0.6 is 15.9 Å². The second-order valence-electron chi connectivity index (χ2n) is 4.74. The van der Waals surface area contributed by atoms with Crippen molar-refractivity contribution < 1.29 is 9.47 Å². The quantitative estimate of drug-likeness (QED) is 0.903. The van der Waals surface area contributed by atoms with E-state index in [1.165, 1.54) is 5.56 Å². The number of aromatic nitrogens is 2.